The van der Waals surface area contributed by atoms with Crippen LogP contribution in [0.1, 0.15) is 27.7 Å². The predicted molar refractivity (Wildman–Crippen MR) is 60.7 cm³/mol. The first-order valence-corrected chi connectivity index (χ1v) is 5.08. The van der Waals surface area contributed by atoms with E-state index < -0.39 is 17.9 Å². The molecule has 0 fully saturated rings. The van der Waals surface area contributed by atoms with Crippen LogP contribution in [0.3, 0.4) is 0 Å². The van der Waals surface area contributed by atoms with Crippen molar-refractivity contribution in [3.8, 4) is 0 Å². The maximum Gasteiger partial charge on any atom is 0.324 e. The van der Waals surface area contributed by atoms with Gasteiger partial charge in [0.1, 0.15) is 0 Å². The molecule has 0 heterocycles. The second-order valence-electron chi connectivity index (χ2n) is 4.73. The van der Waals surface area contributed by atoms with Crippen LogP contribution in [0.4, 0.5) is 0 Å². The Morgan fingerprint density at radius 3 is 1.69 bits per heavy atom. The third-order valence-electron chi connectivity index (χ3n) is 1.99. The standard InChI is InChI=1S/C12H20O4/c1-8(7-12(2,3)4)9(10(13)15-5)11(14)16-6/h7,9H,1-6H3. The zero-order valence-electron chi connectivity index (χ0n) is 10.8. The smallest absolute Gasteiger partial charge is 0.324 e. The number of esters is 2. The number of rotatable bonds is 3. The molecule has 0 aromatic carbocycles. The summed E-state index contributed by atoms with van der Waals surface area (Å²) in [7, 11) is 2.51. The van der Waals surface area contributed by atoms with Crippen molar-refractivity contribution in [2.75, 3.05) is 14.2 Å². The molecular formula is C12H20O4. The van der Waals surface area contributed by atoms with Gasteiger partial charge in [-0.15, -0.1) is 0 Å². The third-order valence-corrected chi connectivity index (χ3v) is 1.99. The molecule has 92 valence electrons. The summed E-state index contributed by atoms with van der Waals surface area (Å²) in [6.45, 7) is 7.69. The van der Waals surface area contributed by atoms with Gasteiger partial charge in [0.15, 0.2) is 5.92 Å². The van der Waals surface area contributed by atoms with E-state index in [2.05, 4.69) is 9.47 Å². The Bertz CT molecular complexity index is 281. The number of ether oxygens (including phenoxy) is 2. The fourth-order valence-electron chi connectivity index (χ4n) is 1.47. The summed E-state index contributed by atoms with van der Waals surface area (Å²) in [5.41, 5.74) is 0.538. The highest BCUT2D eigenvalue weighted by atomic mass is 16.5. The van der Waals surface area contributed by atoms with Gasteiger partial charge in [-0.2, -0.15) is 0 Å². The lowest BCUT2D eigenvalue weighted by Crippen LogP contribution is -2.28. The van der Waals surface area contributed by atoms with Gasteiger partial charge in [0.05, 0.1) is 14.2 Å². The molecule has 0 aliphatic heterocycles. The van der Waals surface area contributed by atoms with E-state index in [4.69, 9.17) is 0 Å². The van der Waals surface area contributed by atoms with Crippen LogP contribution < -0.4 is 0 Å². The summed E-state index contributed by atoms with van der Waals surface area (Å²) < 4.78 is 9.18. The van der Waals surface area contributed by atoms with Gasteiger partial charge in [0.2, 0.25) is 0 Å². The van der Waals surface area contributed by atoms with Crippen LogP contribution in [0.2, 0.25) is 0 Å². The zero-order valence-corrected chi connectivity index (χ0v) is 10.8. The normalized spacial score (nSPS) is 12.6. The quantitative estimate of drug-likeness (QED) is 0.421. The van der Waals surface area contributed by atoms with Crippen LogP contribution in [0, 0.1) is 11.3 Å². The monoisotopic (exact) mass is 228 g/mol. The Morgan fingerprint density at radius 2 is 1.44 bits per heavy atom. The maximum absolute atomic E-state index is 11.5. The third kappa shape index (κ3) is 4.47. The molecule has 0 saturated carbocycles. The number of hydrogen-bond acceptors (Lipinski definition) is 4. The van der Waals surface area contributed by atoms with Gasteiger partial charge in [0, 0.05) is 0 Å². The second-order valence-corrected chi connectivity index (χ2v) is 4.73. The van der Waals surface area contributed by atoms with Crippen LogP contribution in [-0.2, 0) is 19.1 Å². The van der Waals surface area contributed by atoms with Crippen molar-refractivity contribution in [1.29, 1.82) is 0 Å². The van der Waals surface area contributed by atoms with Crippen LogP contribution >= 0.6 is 0 Å². The highest BCUT2D eigenvalue weighted by molar-refractivity contribution is 5.97. The summed E-state index contributed by atoms with van der Waals surface area (Å²) >= 11 is 0. The van der Waals surface area contributed by atoms with Gasteiger partial charge in [0.25, 0.3) is 0 Å². The van der Waals surface area contributed by atoms with E-state index in [1.54, 1.807) is 6.92 Å². The van der Waals surface area contributed by atoms with Crippen LogP contribution in [0.25, 0.3) is 0 Å². The summed E-state index contributed by atoms with van der Waals surface area (Å²) in [6, 6.07) is 0. The molecule has 0 spiro atoms. The van der Waals surface area contributed by atoms with Gasteiger partial charge < -0.3 is 9.47 Å². The fourth-order valence-corrected chi connectivity index (χ4v) is 1.47. The van der Waals surface area contributed by atoms with Crippen LogP contribution in [0.5, 0.6) is 0 Å². The molecule has 0 bridgehead atoms. The van der Waals surface area contributed by atoms with Crippen molar-refractivity contribution in [3.05, 3.63) is 11.6 Å². The Morgan fingerprint density at radius 1 is 1.06 bits per heavy atom. The van der Waals surface area contributed by atoms with Crippen molar-refractivity contribution in [2.45, 2.75) is 27.7 Å². The van der Waals surface area contributed by atoms with Gasteiger partial charge in [-0.25, -0.2) is 0 Å². The first-order valence-electron chi connectivity index (χ1n) is 5.08. The van der Waals surface area contributed by atoms with E-state index in [1.807, 2.05) is 26.8 Å². The molecule has 0 N–H and O–H groups in total. The molecule has 16 heavy (non-hydrogen) atoms. The highest BCUT2D eigenvalue weighted by Gasteiger charge is 2.31. The van der Waals surface area contributed by atoms with E-state index >= 15 is 0 Å². The van der Waals surface area contributed by atoms with Gasteiger partial charge in [-0.05, 0) is 12.3 Å². The van der Waals surface area contributed by atoms with E-state index in [0.29, 0.717) is 5.57 Å². The minimum Gasteiger partial charge on any atom is -0.468 e. The number of methoxy groups -OCH3 is 2. The van der Waals surface area contributed by atoms with E-state index in [0.717, 1.165) is 0 Å². The summed E-state index contributed by atoms with van der Waals surface area (Å²) in [4.78, 5) is 23.0. The summed E-state index contributed by atoms with van der Waals surface area (Å²) in [5, 5.41) is 0. The number of carbonyl (C=O) groups excluding carboxylic acids is 2. The van der Waals surface area contributed by atoms with Crippen molar-refractivity contribution in [1.82, 2.24) is 0 Å². The minimum absolute atomic E-state index is 0.107. The molecule has 0 unspecified atom stereocenters. The lowest BCUT2D eigenvalue weighted by Gasteiger charge is -2.18. The molecule has 0 rings (SSSR count). The molecule has 4 heteroatoms. The van der Waals surface area contributed by atoms with Gasteiger partial charge >= 0.3 is 11.9 Å². The van der Waals surface area contributed by atoms with Gasteiger partial charge in [-0.1, -0.05) is 32.4 Å². The molecule has 0 saturated heterocycles. The fraction of sp³-hybridized carbons (Fsp3) is 0.667. The maximum atomic E-state index is 11.5. The SMILES string of the molecule is COC(=O)C(C(=O)OC)C(C)=CC(C)(C)C. The molecule has 0 atom stereocenters. The first-order chi connectivity index (χ1) is 7.22. The zero-order chi connectivity index (χ0) is 12.9. The largest absolute Gasteiger partial charge is 0.468 e. The van der Waals surface area contributed by atoms with Gasteiger partial charge in [-0.3, -0.25) is 9.59 Å². The molecule has 4 nitrogen and oxygen atoms in total. The summed E-state index contributed by atoms with van der Waals surface area (Å²) in [5.74, 6) is -2.15. The second kappa shape index (κ2) is 5.68. The Labute approximate surface area is 96.6 Å². The number of allylic oxidation sites excluding steroid dienone is 1. The lowest BCUT2D eigenvalue weighted by molar-refractivity contribution is -0.156. The molecule has 0 aromatic heterocycles. The molecular weight excluding hydrogens is 208 g/mol. The van der Waals surface area contributed by atoms with Crippen LogP contribution in [-0.4, -0.2) is 26.2 Å². The molecule has 0 amide bonds. The lowest BCUT2D eigenvalue weighted by atomic mass is 9.89. The number of hydrogen-bond donors (Lipinski definition) is 0. The average molecular weight is 228 g/mol. The molecule has 0 aliphatic rings. The summed E-state index contributed by atoms with van der Waals surface area (Å²) in [6.07, 6.45) is 1.87. The van der Waals surface area contributed by atoms with E-state index in [9.17, 15) is 9.59 Å². The van der Waals surface area contributed by atoms with Crippen molar-refractivity contribution >= 4 is 11.9 Å². The van der Waals surface area contributed by atoms with Crippen molar-refractivity contribution in [2.24, 2.45) is 11.3 Å². The van der Waals surface area contributed by atoms with E-state index in [1.165, 1.54) is 14.2 Å². The topological polar surface area (TPSA) is 52.6 Å². The molecule has 0 radical (unpaired) electrons. The van der Waals surface area contributed by atoms with E-state index in [-0.39, 0.29) is 5.41 Å². The predicted octanol–water partition coefficient (Wildman–Crippen LogP) is 1.94. The number of carbonyl (C=O) groups is 2. The Hall–Kier alpha value is -1.32. The van der Waals surface area contributed by atoms with Crippen molar-refractivity contribution in [3.63, 3.8) is 0 Å². The first kappa shape index (κ1) is 14.7. The Kier molecular flexibility index (Phi) is 5.21. The van der Waals surface area contributed by atoms with Crippen LogP contribution in [0.15, 0.2) is 11.6 Å². The Balaban J connectivity index is 5.13. The van der Waals surface area contributed by atoms with Crippen molar-refractivity contribution < 1.29 is 19.1 Å². The highest BCUT2D eigenvalue weighted by Crippen LogP contribution is 2.23. The minimum atomic E-state index is -0.964. The molecule has 0 aromatic rings. The average Bonchev–Trinajstić information content (AvgIpc) is 2.14. The molecule has 0 aliphatic carbocycles.